The Morgan fingerprint density at radius 2 is 1.96 bits per heavy atom. The molecule has 1 fully saturated rings. The smallest absolute Gasteiger partial charge is 0.311 e. The van der Waals surface area contributed by atoms with Gasteiger partial charge in [0.25, 0.3) is 5.91 Å². The van der Waals surface area contributed by atoms with E-state index in [-0.39, 0.29) is 12.1 Å². The number of aromatic nitrogens is 1. The Morgan fingerprint density at radius 3 is 2.62 bits per heavy atom. The predicted octanol–water partition coefficient (Wildman–Crippen LogP) is 4.07. The van der Waals surface area contributed by atoms with E-state index >= 15 is 0 Å². The molecular weight excluding hydrogens is 356 g/mol. The molecule has 2 aromatic rings. The van der Waals surface area contributed by atoms with Crippen LogP contribution in [0.15, 0.2) is 28.8 Å². The van der Waals surface area contributed by atoms with Gasteiger partial charge < -0.3 is 14.9 Å². The molecule has 1 aliphatic carbocycles. The minimum atomic E-state index is -0.899. The quantitative estimate of drug-likeness (QED) is 0.820. The topological polar surface area (TPSA) is 92.4 Å². The lowest BCUT2D eigenvalue weighted by atomic mass is 9.74. The number of benzene rings is 1. The number of nitrogens with zero attached hydrogens (tertiary/aromatic N) is 1. The molecule has 1 heterocycles. The Labute approximate surface area is 156 Å². The van der Waals surface area contributed by atoms with E-state index in [1.807, 2.05) is 0 Å². The molecule has 0 radical (unpaired) electrons. The van der Waals surface area contributed by atoms with Crippen molar-refractivity contribution in [2.75, 3.05) is 6.54 Å². The minimum Gasteiger partial charge on any atom is -0.481 e. The Kier molecular flexibility index (Phi) is 5.32. The van der Waals surface area contributed by atoms with Crippen LogP contribution in [0.4, 0.5) is 0 Å². The maximum Gasteiger partial charge on any atom is 0.311 e. The number of nitrogens with one attached hydrogen (secondary N) is 1. The summed E-state index contributed by atoms with van der Waals surface area (Å²) in [5.41, 5.74) is 0.346. The molecule has 0 spiro atoms. The minimum absolute atomic E-state index is 0.0910. The number of aryl methyl sites for hydroxylation is 1. The van der Waals surface area contributed by atoms with E-state index in [9.17, 15) is 14.7 Å². The highest BCUT2D eigenvalue weighted by molar-refractivity contribution is 6.33. The summed E-state index contributed by atoms with van der Waals surface area (Å²) in [5, 5.41) is 16.9. The monoisotopic (exact) mass is 376 g/mol. The lowest BCUT2D eigenvalue weighted by Gasteiger charge is -2.33. The van der Waals surface area contributed by atoms with Crippen molar-refractivity contribution in [3.8, 4) is 11.3 Å². The molecule has 1 amide bonds. The first-order valence-electron chi connectivity index (χ1n) is 8.67. The molecular formula is C19H21ClN2O4. The average molecular weight is 377 g/mol. The first-order chi connectivity index (χ1) is 12.4. The molecule has 1 aromatic carbocycles. The number of amides is 1. The number of hydrogen-bond donors (Lipinski definition) is 2. The van der Waals surface area contributed by atoms with E-state index in [1.54, 1.807) is 31.2 Å². The van der Waals surface area contributed by atoms with E-state index in [1.165, 1.54) is 0 Å². The van der Waals surface area contributed by atoms with Crippen molar-refractivity contribution in [2.45, 2.75) is 39.0 Å². The second kappa shape index (κ2) is 7.50. The Morgan fingerprint density at radius 1 is 1.27 bits per heavy atom. The lowest BCUT2D eigenvalue weighted by molar-refractivity contribution is -0.150. The van der Waals surface area contributed by atoms with Gasteiger partial charge in [0.2, 0.25) is 0 Å². The lowest BCUT2D eigenvalue weighted by Crippen LogP contribution is -2.44. The van der Waals surface area contributed by atoms with Crippen molar-refractivity contribution in [3.63, 3.8) is 0 Å². The number of carboxylic acid groups (broad SMARTS) is 1. The number of halogens is 1. The summed E-state index contributed by atoms with van der Waals surface area (Å²) >= 11 is 6.22. The van der Waals surface area contributed by atoms with Gasteiger partial charge in [0.15, 0.2) is 0 Å². The molecule has 138 valence electrons. The SMILES string of the molecule is Cc1onc(-c2ccccc2Cl)c1C(=O)NCC1(C(=O)O)CCCCC1. The fourth-order valence-corrected chi connectivity index (χ4v) is 3.73. The molecule has 0 bridgehead atoms. The normalized spacial score (nSPS) is 16.2. The highest BCUT2D eigenvalue weighted by atomic mass is 35.5. The summed E-state index contributed by atoms with van der Waals surface area (Å²) in [7, 11) is 0. The van der Waals surface area contributed by atoms with Crippen LogP contribution in [0.2, 0.25) is 5.02 Å². The van der Waals surface area contributed by atoms with E-state index in [4.69, 9.17) is 16.1 Å². The van der Waals surface area contributed by atoms with Crippen molar-refractivity contribution in [3.05, 3.63) is 40.6 Å². The van der Waals surface area contributed by atoms with E-state index in [2.05, 4.69) is 10.5 Å². The molecule has 1 saturated carbocycles. The van der Waals surface area contributed by atoms with Crippen molar-refractivity contribution >= 4 is 23.5 Å². The average Bonchev–Trinajstić information content (AvgIpc) is 3.02. The van der Waals surface area contributed by atoms with Crippen LogP contribution in [-0.4, -0.2) is 28.7 Å². The number of carboxylic acids is 1. The second-order valence-electron chi connectivity index (χ2n) is 6.77. The number of carbonyl (C=O) groups is 2. The van der Waals surface area contributed by atoms with Crippen molar-refractivity contribution in [1.29, 1.82) is 0 Å². The highest BCUT2D eigenvalue weighted by Crippen LogP contribution is 2.36. The summed E-state index contributed by atoms with van der Waals surface area (Å²) < 4.78 is 5.20. The maximum atomic E-state index is 12.8. The highest BCUT2D eigenvalue weighted by Gasteiger charge is 2.40. The summed E-state index contributed by atoms with van der Waals surface area (Å²) in [6.07, 6.45) is 3.90. The molecule has 0 saturated heterocycles. The van der Waals surface area contributed by atoms with Gasteiger partial charge in [0.1, 0.15) is 17.0 Å². The molecule has 1 aromatic heterocycles. The maximum absolute atomic E-state index is 12.8. The van der Waals surface area contributed by atoms with Crippen LogP contribution in [0.25, 0.3) is 11.3 Å². The van der Waals surface area contributed by atoms with Crippen LogP contribution in [-0.2, 0) is 4.79 Å². The van der Waals surface area contributed by atoms with Crippen LogP contribution in [0.1, 0.15) is 48.2 Å². The summed E-state index contributed by atoms with van der Waals surface area (Å²) in [6, 6.07) is 7.06. The third-order valence-electron chi connectivity index (χ3n) is 5.07. The zero-order valence-corrected chi connectivity index (χ0v) is 15.3. The fourth-order valence-electron chi connectivity index (χ4n) is 3.51. The number of rotatable bonds is 5. The summed E-state index contributed by atoms with van der Waals surface area (Å²) in [5.74, 6) is -0.888. The summed E-state index contributed by atoms with van der Waals surface area (Å²) in [4.78, 5) is 24.6. The third kappa shape index (κ3) is 3.46. The standard InChI is InChI=1S/C19H21ClN2O4/c1-12-15(16(22-26-12)13-7-3-4-8-14(13)20)17(23)21-11-19(18(24)25)9-5-2-6-10-19/h3-4,7-8H,2,5-6,9-11H2,1H3,(H,21,23)(H,24,25). The van der Waals surface area contributed by atoms with Crippen LogP contribution in [0.3, 0.4) is 0 Å². The van der Waals surface area contributed by atoms with Crippen LogP contribution < -0.4 is 5.32 Å². The van der Waals surface area contributed by atoms with Gasteiger partial charge in [0, 0.05) is 12.1 Å². The fraction of sp³-hybridized carbons (Fsp3) is 0.421. The van der Waals surface area contributed by atoms with Crippen LogP contribution in [0, 0.1) is 12.3 Å². The molecule has 0 aliphatic heterocycles. The van der Waals surface area contributed by atoms with Gasteiger partial charge in [-0.25, -0.2) is 0 Å². The summed E-state index contributed by atoms with van der Waals surface area (Å²) in [6.45, 7) is 1.74. The van der Waals surface area contributed by atoms with Gasteiger partial charge in [-0.1, -0.05) is 54.2 Å². The molecule has 2 N–H and O–H groups in total. The van der Waals surface area contributed by atoms with E-state index < -0.39 is 17.3 Å². The largest absolute Gasteiger partial charge is 0.481 e. The molecule has 6 nitrogen and oxygen atoms in total. The second-order valence-corrected chi connectivity index (χ2v) is 7.18. The molecule has 26 heavy (non-hydrogen) atoms. The zero-order chi connectivity index (χ0) is 18.7. The Balaban J connectivity index is 1.84. The Hall–Kier alpha value is -2.34. The molecule has 0 unspecified atom stereocenters. The van der Waals surface area contributed by atoms with Crippen molar-refractivity contribution in [1.82, 2.24) is 10.5 Å². The number of hydrogen-bond acceptors (Lipinski definition) is 4. The molecule has 3 rings (SSSR count). The molecule has 1 aliphatic rings. The number of carbonyl (C=O) groups excluding carboxylic acids is 1. The van der Waals surface area contributed by atoms with Gasteiger partial charge in [0.05, 0.1) is 10.4 Å². The van der Waals surface area contributed by atoms with Gasteiger partial charge in [-0.2, -0.15) is 0 Å². The van der Waals surface area contributed by atoms with Gasteiger partial charge >= 0.3 is 5.97 Å². The van der Waals surface area contributed by atoms with Gasteiger partial charge in [-0.15, -0.1) is 0 Å². The van der Waals surface area contributed by atoms with Crippen molar-refractivity contribution < 1.29 is 19.2 Å². The predicted molar refractivity (Wildman–Crippen MR) is 97.2 cm³/mol. The van der Waals surface area contributed by atoms with Crippen LogP contribution >= 0.6 is 11.6 Å². The van der Waals surface area contributed by atoms with Crippen molar-refractivity contribution in [2.24, 2.45) is 5.41 Å². The van der Waals surface area contributed by atoms with Crippen LogP contribution in [0.5, 0.6) is 0 Å². The first-order valence-corrected chi connectivity index (χ1v) is 9.05. The van der Waals surface area contributed by atoms with E-state index in [0.29, 0.717) is 34.9 Å². The zero-order valence-electron chi connectivity index (χ0n) is 14.5. The van der Waals surface area contributed by atoms with Gasteiger partial charge in [-0.05, 0) is 25.8 Å². The Bertz CT molecular complexity index is 825. The van der Waals surface area contributed by atoms with Gasteiger partial charge in [-0.3, -0.25) is 9.59 Å². The molecule has 7 heteroatoms. The van der Waals surface area contributed by atoms with E-state index in [0.717, 1.165) is 19.3 Å². The third-order valence-corrected chi connectivity index (χ3v) is 5.40. The number of aliphatic carboxylic acids is 1. The molecule has 0 atom stereocenters. The first kappa shape index (κ1) is 18.5.